The summed E-state index contributed by atoms with van der Waals surface area (Å²) in [5, 5.41) is 6.03. The summed E-state index contributed by atoms with van der Waals surface area (Å²) in [5.41, 5.74) is 0.882. The third kappa shape index (κ3) is 4.99. The molecule has 1 aromatic rings. The summed E-state index contributed by atoms with van der Waals surface area (Å²) in [4.78, 5) is 27.0. The van der Waals surface area contributed by atoms with Crippen LogP contribution in [0.3, 0.4) is 0 Å². The Morgan fingerprint density at radius 3 is 2.73 bits per heavy atom. The molecule has 7 heteroatoms. The number of amides is 2. The lowest BCUT2D eigenvalue weighted by Gasteiger charge is -2.35. The van der Waals surface area contributed by atoms with Crippen molar-refractivity contribution >= 4 is 23.6 Å². The summed E-state index contributed by atoms with van der Waals surface area (Å²) in [6.45, 7) is 3.05. The van der Waals surface area contributed by atoms with Crippen LogP contribution < -0.4 is 10.6 Å². The summed E-state index contributed by atoms with van der Waals surface area (Å²) < 4.78 is 5.60. The van der Waals surface area contributed by atoms with Crippen molar-refractivity contribution in [1.82, 2.24) is 15.5 Å². The van der Waals surface area contributed by atoms with Gasteiger partial charge in [-0.2, -0.15) is 11.8 Å². The predicted octanol–water partition coefficient (Wildman–Crippen LogP) is 1.19. The Morgan fingerprint density at radius 1 is 1.31 bits per heavy atom. The van der Waals surface area contributed by atoms with Crippen LogP contribution in [0, 0.1) is 0 Å². The number of thioether (sulfide) groups is 1. The molecule has 2 N–H and O–H groups in total. The SMILES string of the molecule is CSCCN1CCC(NC(=O)[C@H]2OCC(=O)N[C@@H]2c2ccccc2)CC1. The molecule has 0 unspecified atom stereocenters. The lowest BCUT2D eigenvalue weighted by molar-refractivity contribution is -0.148. The first-order valence-electron chi connectivity index (χ1n) is 9.15. The molecule has 0 spiro atoms. The first kappa shape index (κ1) is 19.2. The van der Waals surface area contributed by atoms with Crippen LogP contribution in [-0.4, -0.2) is 67.1 Å². The van der Waals surface area contributed by atoms with Crippen molar-refractivity contribution in [2.24, 2.45) is 0 Å². The highest BCUT2D eigenvalue weighted by atomic mass is 32.2. The smallest absolute Gasteiger partial charge is 0.251 e. The molecule has 26 heavy (non-hydrogen) atoms. The normalized spacial score (nSPS) is 24.9. The molecule has 0 radical (unpaired) electrons. The van der Waals surface area contributed by atoms with Gasteiger partial charge in [0.15, 0.2) is 6.10 Å². The maximum Gasteiger partial charge on any atom is 0.251 e. The van der Waals surface area contributed by atoms with E-state index in [1.807, 2.05) is 42.1 Å². The molecule has 0 aromatic heterocycles. The molecule has 3 rings (SSSR count). The zero-order chi connectivity index (χ0) is 18.4. The van der Waals surface area contributed by atoms with Gasteiger partial charge in [0.1, 0.15) is 6.61 Å². The first-order valence-corrected chi connectivity index (χ1v) is 10.5. The number of likely N-dealkylation sites (tertiary alicyclic amines) is 1. The number of carbonyl (C=O) groups excluding carboxylic acids is 2. The number of benzene rings is 1. The molecule has 1 aromatic carbocycles. The fourth-order valence-corrected chi connectivity index (χ4v) is 3.94. The molecule has 2 aliphatic heterocycles. The molecule has 2 atom stereocenters. The Bertz CT molecular complexity index is 605. The Hall–Kier alpha value is -1.57. The van der Waals surface area contributed by atoms with Crippen molar-refractivity contribution in [3.63, 3.8) is 0 Å². The van der Waals surface area contributed by atoms with Gasteiger partial charge in [-0.15, -0.1) is 0 Å². The van der Waals surface area contributed by atoms with Gasteiger partial charge in [-0.05, 0) is 24.7 Å². The highest BCUT2D eigenvalue weighted by Crippen LogP contribution is 2.23. The summed E-state index contributed by atoms with van der Waals surface area (Å²) >= 11 is 1.86. The molecule has 0 aliphatic carbocycles. The predicted molar refractivity (Wildman–Crippen MR) is 103 cm³/mol. The minimum atomic E-state index is -0.690. The minimum Gasteiger partial charge on any atom is -0.356 e. The molecule has 2 fully saturated rings. The van der Waals surface area contributed by atoms with E-state index in [4.69, 9.17) is 4.74 Å². The number of piperidine rings is 1. The Morgan fingerprint density at radius 2 is 2.04 bits per heavy atom. The number of ether oxygens (including phenoxy) is 1. The zero-order valence-corrected chi connectivity index (χ0v) is 16.0. The van der Waals surface area contributed by atoms with E-state index in [9.17, 15) is 9.59 Å². The molecule has 2 saturated heterocycles. The van der Waals surface area contributed by atoms with E-state index in [1.54, 1.807) is 0 Å². The molecule has 6 nitrogen and oxygen atoms in total. The quantitative estimate of drug-likeness (QED) is 0.779. The van der Waals surface area contributed by atoms with E-state index in [0.29, 0.717) is 0 Å². The third-order valence-electron chi connectivity index (χ3n) is 4.98. The maximum absolute atomic E-state index is 12.8. The van der Waals surface area contributed by atoms with Crippen molar-refractivity contribution in [2.45, 2.75) is 31.0 Å². The molecular formula is C19H27N3O3S. The van der Waals surface area contributed by atoms with Crippen LogP contribution in [0.25, 0.3) is 0 Å². The van der Waals surface area contributed by atoms with E-state index in [1.165, 1.54) is 0 Å². The second-order valence-corrected chi connectivity index (χ2v) is 7.79. The van der Waals surface area contributed by atoms with Crippen molar-refractivity contribution in [3.05, 3.63) is 35.9 Å². The number of hydrogen-bond donors (Lipinski definition) is 2. The van der Waals surface area contributed by atoms with Crippen LogP contribution in [-0.2, 0) is 14.3 Å². The van der Waals surface area contributed by atoms with Crippen LogP contribution in [0.4, 0.5) is 0 Å². The Balaban J connectivity index is 1.57. The highest BCUT2D eigenvalue weighted by Gasteiger charge is 2.37. The van der Waals surface area contributed by atoms with Crippen LogP contribution in [0.2, 0.25) is 0 Å². The Kier molecular flexibility index (Phi) is 6.93. The average molecular weight is 378 g/mol. The van der Waals surface area contributed by atoms with E-state index in [-0.39, 0.29) is 24.5 Å². The van der Waals surface area contributed by atoms with E-state index in [0.717, 1.165) is 43.8 Å². The molecular weight excluding hydrogens is 350 g/mol. The monoisotopic (exact) mass is 377 g/mol. The molecule has 0 bridgehead atoms. The van der Waals surface area contributed by atoms with Gasteiger partial charge in [0.25, 0.3) is 5.91 Å². The van der Waals surface area contributed by atoms with Crippen LogP contribution in [0.1, 0.15) is 24.4 Å². The van der Waals surface area contributed by atoms with Crippen LogP contribution in [0.15, 0.2) is 30.3 Å². The number of morpholine rings is 1. The molecule has 0 saturated carbocycles. The van der Waals surface area contributed by atoms with E-state index >= 15 is 0 Å². The number of rotatable bonds is 6. The summed E-state index contributed by atoms with van der Waals surface area (Å²) in [6.07, 6.45) is 3.34. The van der Waals surface area contributed by atoms with Gasteiger partial charge >= 0.3 is 0 Å². The third-order valence-corrected chi connectivity index (χ3v) is 5.57. The fraction of sp³-hybridized carbons (Fsp3) is 0.579. The molecule has 142 valence electrons. The summed E-state index contributed by atoms with van der Waals surface area (Å²) in [5.74, 6) is 0.817. The second-order valence-electron chi connectivity index (χ2n) is 6.80. The van der Waals surface area contributed by atoms with Crippen molar-refractivity contribution < 1.29 is 14.3 Å². The van der Waals surface area contributed by atoms with Crippen molar-refractivity contribution in [3.8, 4) is 0 Å². The second kappa shape index (κ2) is 9.39. The van der Waals surface area contributed by atoms with E-state index < -0.39 is 12.1 Å². The lowest BCUT2D eigenvalue weighted by atomic mass is 9.98. The average Bonchev–Trinajstić information content (AvgIpc) is 2.68. The van der Waals surface area contributed by atoms with Crippen LogP contribution in [0.5, 0.6) is 0 Å². The van der Waals surface area contributed by atoms with Gasteiger partial charge in [-0.25, -0.2) is 0 Å². The number of nitrogens with zero attached hydrogens (tertiary/aromatic N) is 1. The van der Waals surface area contributed by atoms with Gasteiger partial charge < -0.3 is 20.3 Å². The summed E-state index contributed by atoms with van der Waals surface area (Å²) in [7, 11) is 0. The van der Waals surface area contributed by atoms with Gasteiger partial charge in [0.2, 0.25) is 5.91 Å². The van der Waals surface area contributed by atoms with Gasteiger partial charge in [0.05, 0.1) is 6.04 Å². The zero-order valence-electron chi connectivity index (χ0n) is 15.1. The topological polar surface area (TPSA) is 70.7 Å². The molecule has 2 heterocycles. The Labute approximate surface area is 159 Å². The van der Waals surface area contributed by atoms with Crippen molar-refractivity contribution in [2.75, 3.05) is 38.2 Å². The van der Waals surface area contributed by atoms with Gasteiger partial charge in [0, 0.05) is 31.4 Å². The number of carbonyl (C=O) groups is 2. The van der Waals surface area contributed by atoms with E-state index in [2.05, 4.69) is 21.8 Å². The standard InChI is InChI=1S/C19H27N3O3S/c1-26-12-11-22-9-7-15(8-10-22)20-19(24)18-17(21-16(23)13-25-18)14-5-3-2-4-6-14/h2-6,15,17-18H,7-13H2,1H3,(H,20,24)(H,21,23)/t17-,18+/m1/s1. The van der Waals surface area contributed by atoms with Gasteiger partial charge in [-0.1, -0.05) is 30.3 Å². The lowest BCUT2D eigenvalue weighted by Crippen LogP contribution is -2.55. The van der Waals surface area contributed by atoms with Gasteiger partial charge in [-0.3, -0.25) is 9.59 Å². The number of hydrogen-bond acceptors (Lipinski definition) is 5. The molecule has 2 aliphatic rings. The largest absolute Gasteiger partial charge is 0.356 e. The maximum atomic E-state index is 12.8. The summed E-state index contributed by atoms with van der Waals surface area (Å²) in [6, 6.07) is 9.25. The number of nitrogens with one attached hydrogen (secondary N) is 2. The first-order chi connectivity index (χ1) is 12.7. The highest BCUT2D eigenvalue weighted by molar-refractivity contribution is 7.98. The fourth-order valence-electron chi connectivity index (χ4n) is 3.50. The minimum absolute atomic E-state index is 0.0749. The van der Waals surface area contributed by atoms with Crippen LogP contribution >= 0.6 is 11.8 Å². The van der Waals surface area contributed by atoms with Crippen molar-refractivity contribution in [1.29, 1.82) is 0 Å². The molecule has 2 amide bonds.